The van der Waals surface area contributed by atoms with Crippen LogP contribution in [0.4, 0.5) is 0 Å². The molecule has 0 radical (unpaired) electrons. The molecule has 3 rings (SSSR count). The number of carbonyl (C=O) groups is 1. The van der Waals surface area contributed by atoms with Gasteiger partial charge in [0.25, 0.3) is 0 Å². The number of benzene rings is 1. The third-order valence-corrected chi connectivity index (χ3v) is 4.27. The average Bonchev–Trinajstić information content (AvgIpc) is 3.24. The SMILES string of the molecule is CCN(CCn1c(C)nc2cc(C(=O)O)ccc21)C1CC1. The van der Waals surface area contributed by atoms with Gasteiger partial charge in [0.1, 0.15) is 5.82 Å². The van der Waals surface area contributed by atoms with Gasteiger partial charge < -0.3 is 9.67 Å². The molecule has 0 spiro atoms. The molecule has 112 valence electrons. The van der Waals surface area contributed by atoms with Gasteiger partial charge in [0.15, 0.2) is 0 Å². The van der Waals surface area contributed by atoms with Crippen molar-refractivity contribution in [3.8, 4) is 0 Å². The predicted octanol–water partition coefficient (Wildman–Crippen LogP) is 2.53. The zero-order chi connectivity index (χ0) is 15.0. The Kier molecular flexibility index (Phi) is 3.68. The summed E-state index contributed by atoms with van der Waals surface area (Å²) in [5.74, 6) is 0.0365. The van der Waals surface area contributed by atoms with Gasteiger partial charge in [0.05, 0.1) is 16.6 Å². The molecule has 0 bridgehead atoms. The van der Waals surface area contributed by atoms with Gasteiger partial charge in [-0.2, -0.15) is 0 Å². The summed E-state index contributed by atoms with van der Waals surface area (Å²) in [6.07, 6.45) is 2.64. The van der Waals surface area contributed by atoms with E-state index in [1.165, 1.54) is 12.8 Å². The molecule has 0 amide bonds. The minimum absolute atomic E-state index is 0.292. The summed E-state index contributed by atoms with van der Waals surface area (Å²) in [6.45, 7) is 7.19. The average molecular weight is 287 g/mol. The number of nitrogens with zero attached hydrogens (tertiary/aromatic N) is 3. The van der Waals surface area contributed by atoms with Crippen molar-refractivity contribution < 1.29 is 9.90 Å². The van der Waals surface area contributed by atoms with Crippen molar-refractivity contribution in [3.05, 3.63) is 29.6 Å². The zero-order valence-corrected chi connectivity index (χ0v) is 12.5. The highest BCUT2D eigenvalue weighted by Crippen LogP contribution is 2.26. The molecule has 1 N–H and O–H groups in total. The third kappa shape index (κ3) is 2.78. The van der Waals surface area contributed by atoms with E-state index >= 15 is 0 Å². The number of aromatic carboxylic acids is 1. The summed E-state index contributed by atoms with van der Waals surface area (Å²) < 4.78 is 2.19. The maximum atomic E-state index is 11.0. The number of imidazole rings is 1. The lowest BCUT2D eigenvalue weighted by Crippen LogP contribution is -2.29. The van der Waals surface area contributed by atoms with Gasteiger partial charge in [0, 0.05) is 19.1 Å². The molecular formula is C16H21N3O2. The van der Waals surface area contributed by atoms with Gasteiger partial charge in [0.2, 0.25) is 0 Å². The van der Waals surface area contributed by atoms with Crippen molar-refractivity contribution >= 4 is 17.0 Å². The van der Waals surface area contributed by atoms with Crippen molar-refractivity contribution in [2.75, 3.05) is 13.1 Å². The van der Waals surface area contributed by atoms with Gasteiger partial charge in [-0.25, -0.2) is 9.78 Å². The zero-order valence-electron chi connectivity index (χ0n) is 12.5. The second-order valence-electron chi connectivity index (χ2n) is 5.68. The fourth-order valence-electron chi connectivity index (χ4n) is 2.93. The highest BCUT2D eigenvalue weighted by Gasteiger charge is 2.27. The number of carboxylic acids is 1. The lowest BCUT2D eigenvalue weighted by Gasteiger charge is -2.20. The molecule has 1 saturated carbocycles. The van der Waals surface area contributed by atoms with E-state index in [1.54, 1.807) is 12.1 Å². The number of aryl methyl sites for hydroxylation is 1. The van der Waals surface area contributed by atoms with Gasteiger partial charge in [-0.1, -0.05) is 6.92 Å². The number of aromatic nitrogens is 2. The Bertz CT molecular complexity index is 673. The molecule has 0 atom stereocenters. The summed E-state index contributed by atoms with van der Waals surface area (Å²) in [5, 5.41) is 9.06. The molecule has 2 aromatic rings. The largest absolute Gasteiger partial charge is 0.478 e. The van der Waals surface area contributed by atoms with Crippen LogP contribution >= 0.6 is 0 Å². The standard InChI is InChI=1S/C16H21N3O2/c1-3-18(13-5-6-13)8-9-19-11(2)17-14-10-12(16(20)21)4-7-15(14)19/h4,7,10,13H,3,5-6,8-9H2,1-2H3,(H,20,21). The second-order valence-corrected chi connectivity index (χ2v) is 5.68. The highest BCUT2D eigenvalue weighted by atomic mass is 16.4. The molecule has 1 aromatic carbocycles. The molecule has 1 heterocycles. The van der Waals surface area contributed by atoms with Crippen molar-refractivity contribution in [2.45, 2.75) is 39.3 Å². The van der Waals surface area contributed by atoms with Crippen LogP contribution in [0, 0.1) is 6.92 Å². The Morgan fingerprint density at radius 2 is 2.24 bits per heavy atom. The fraction of sp³-hybridized carbons (Fsp3) is 0.500. The van der Waals surface area contributed by atoms with Crippen LogP contribution in [0.5, 0.6) is 0 Å². The van der Waals surface area contributed by atoms with E-state index in [0.29, 0.717) is 5.56 Å². The Morgan fingerprint density at radius 1 is 1.48 bits per heavy atom. The fourth-order valence-corrected chi connectivity index (χ4v) is 2.93. The summed E-state index contributed by atoms with van der Waals surface area (Å²) in [4.78, 5) is 18.0. The number of carboxylic acid groups (broad SMARTS) is 1. The first kappa shape index (κ1) is 14.1. The minimum Gasteiger partial charge on any atom is -0.478 e. The topological polar surface area (TPSA) is 58.4 Å². The first-order chi connectivity index (χ1) is 10.1. The molecule has 5 nitrogen and oxygen atoms in total. The summed E-state index contributed by atoms with van der Waals surface area (Å²) in [5.41, 5.74) is 2.08. The van der Waals surface area contributed by atoms with Gasteiger partial charge in [-0.05, 0) is 44.5 Å². The molecule has 1 aliphatic carbocycles. The second kappa shape index (κ2) is 5.48. The molecule has 1 fully saturated rings. The number of hydrogen-bond donors (Lipinski definition) is 1. The Balaban J connectivity index is 1.84. The van der Waals surface area contributed by atoms with E-state index in [-0.39, 0.29) is 0 Å². The number of likely N-dealkylation sites (N-methyl/N-ethyl adjacent to an activating group) is 1. The van der Waals surface area contributed by atoms with E-state index in [4.69, 9.17) is 5.11 Å². The van der Waals surface area contributed by atoms with Gasteiger partial charge >= 0.3 is 5.97 Å². The lowest BCUT2D eigenvalue weighted by atomic mass is 10.2. The first-order valence-electron chi connectivity index (χ1n) is 7.54. The molecule has 21 heavy (non-hydrogen) atoms. The van der Waals surface area contributed by atoms with E-state index in [1.807, 2.05) is 13.0 Å². The Labute approximate surface area is 124 Å². The van der Waals surface area contributed by atoms with E-state index in [0.717, 1.165) is 42.5 Å². The van der Waals surface area contributed by atoms with E-state index < -0.39 is 5.97 Å². The van der Waals surface area contributed by atoms with Gasteiger partial charge in [-0.3, -0.25) is 4.90 Å². The third-order valence-electron chi connectivity index (χ3n) is 4.27. The smallest absolute Gasteiger partial charge is 0.335 e. The molecule has 0 saturated heterocycles. The highest BCUT2D eigenvalue weighted by molar-refractivity contribution is 5.92. The van der Waals surface area contributed by atoms with Crippen LogP contribution in [0.3, 0.4) is 0 Å². The van der Waals surface area contributed by atoms with E-state index in [9.17, 15) is 4.79 Å². The number of rotatable bonds is 6. The van der Waals surface area contributed by atoms with Crippen molar-refractivity contribution in [1.82, 2.24) is 14.5 Å². The number of fused-ring (bicyclic) bond motifs is 1. The molecule has 1 aromatic heterocycles. The lowest BCUT2D eigenvalue weighted by molar-refractivity contribution is 0.0697. The molecule has 0 unspecified atom stereocenters. The summed E-state index contributed by atoms with van der Waals surface area (Å²) >= 11 is 0. The van der Waals surface area contributed by atoms with Crippen LogP contribution in [0.25, 0.3) is 11.0 Å². The Morgan fingerprint density at radius 3 is 2.86 bits per heavy atom. The van der Waals surface area contributed by atoms with Crippen LogP contribution in [-0.4, -0.2) is 44.7 Å². The minimum atomic E-state index is -0.907. The number of hydrogen-bond acceptors (Lipinski definition) is 3. The monoisotopic (exact) mass is 287 g/mol. The van der Waals surface area contributed by atoms with Crippen LogP contribution in [0.1, 0.15) is 35.9 Å². The Hall–Kier alpha value is -1.88. The first-order valence-corrected chi connectivity index (χ1v) is 7.54. The summed E-state index contributed by atoms with van der Waals surface area (Å²) in [7, 11) is 0. The van der Waals surface area contributed by atoms with Crippen molar-refractivity contribution in [3.63, 3.8) is 0 Å². The van der Waals surface area contributed by atoms with Crippen LogP contribution in [0.15, 0.2) is 18.2 Å². The summed E-state index contributed by atoms with van der Waals surface area (Å²) in [6, 6.07) is 5.94. The molecule has 5 heteroatoms. The van der Waals surface area contributed by atoms with Gasteiger partial charge in [-0.15, -0.1) is 0 Å². The molecule has 0 aliphatic heterocycles. The van der Waals surface area contributed by atoms with E-state index in [2.05, 4.69) is 21.4 Å². The predicted molar refractivity (Wildman–Crippen MR) is 81.7 cm³/mol. The van der Waals surface area contributed by atoms with Crippen molar-refractivity contribution in [1.29, 1.82) is 0 Å². The molecule has 1 aliphatic rings. The maximum Gasteiger partial charge on any atom is 0.335 e. The normalized spacial score (nSPS) is 15.0. The van der Waals surface area contributed by atoms with Crippen molar-refractivity contribution in [2.24, 2.45) is 0 Å². The van der Waals surface area contributed by atoms with Crippen LogP contribution in [0.2, 0.25) is 0 Å². The molecular weight excluding hydrogens is 266 g/mol. The maximum absolute atomic E-state index is 11.0. The van der Waals surface area contributed by atoms with Crippen LogP contribution in [-0.2, 0) is 6.54 Å². The van der Waals surface area contributed by atoms with Crippen LogP contribution < -0.4 is 0 Å². The quantitative estimate of drug-likeness (QED) is 0.887.